The van der Waals surface area contributed by atoms with Gasteiger partial charge < -0.3 is 9.84 Å². The lowest BCUT2D eigenvalue weighted by Gasteiger charge is -2.13. The SMILES string of the molecule is CCCn1cc(C2OCCC2CO)cn1. The first-order valence-corrected chi connectivity index (χ1v) is 5.60. The van der Waals surface area contributed by atoms with Gasteiger partial charge >= 0.3 is 0 Å². The van der Waals surface area contributed by atoms with Gasteiger partial charge in [0.2, 0.25) is 0 Å². The smallest absolute Gasteiger partial charge is 0.0906 e. The molecule has 0 aliphatic carbocycles. The predicted molar refractivity (Wildman–Crippen MR) is 56.4 cm³/mol. The number of hydrogen-bond donors (Lipinski definition) is 1. The molecule has 1 aliphatic rings. The van der Waals surface area contributed by atoms with Crippen LogP contribution in [0.2, 0.25) is 0 Å². The number of aliphatic hydroxyl groups excluding tert-OH is 1. The second kappa shape index (κ2) is 4.77. The summed E-state index contributed by atoms with van der Waals surface area (Å²) in [6.07, 6.45) is 5.95. The van der Waals surface area contributed by atoms with Crippen LogP contribution in [0.4, 0.5) is 0 Å². The Morgan fingerprint density at radius 1 is 1.67 bits per heavy atom. The van der Waals surface area contributed by atoms with E-state index in [1.807, 2.05) is 17.1 Å². The summed E-state index contributed by atoms with van der Waals surface area (Å²) in [5, 5.41) is 13.5. The van der Waals surface area contributed by atoms with E-state index >= 15 is 0 Å². The van der Waals surface area contributed by atoms with Crippen LogP contribution in [0.1, 0.15) is 31.4 Å². The van der Waals surface area contributed by atoms with Gasteiger partial charge in [-0.25, -0.2) is 0 Å². The van der Waals surface area contributed by atoms with Crippen molar-refractivity contribution < 1.29 is 9.84 Å². The van der Waals surface area contributed by atoms with Gasteiger partial charge in [0.25, 0.3) is 0 Å². The Kier molecular flexibility index (Phi) is 3.38. The molecular formula is C11H18N2O2. The van der Waals surface area contributed by atoms with Crippen molar-refractivity contribution in [2.45, 2.75) is 32.4 Å². The van der Waals surface area contributed by atoms with Crippen LogP contribution in [0.5, 0.6) is 0 Å². The van der Waals surface area contributed by atoms with E-state index in [9.17, 15) is 5.11 Å². The first kappa shape index (κ1) is 10.6. The maximum Gasteiger partial charge on any atom is 0.0906 e. The summed E-state index contributed by atoms with van der Waals surface area (Å²) in [6.45, 7) is 4.01. The normalized spacial score (nSPS) is 26.0. The van der Waals surface area contributed by atoms with E-state index in [0.717, 1.165) is 31.6 Å². The quantitative estimate of drug-likeness (QED) is 0.816. The number of aromatic nitrogens is 2. The fourth-order valence-corrected chi connectivity index (χ4v) is 2.07. The molecule has 2 heterocycles. The highest BCUT2D eigenvalue weighted by Gasteiger charge is 2.29. The summed E-state index contributed by atoms with van der Waals surface area (Å²) >= 11 is 0. The van der Waals surface area contributed by atoms with Gasteiger partial charge in [0.15, 0.2) is 0 Å². The first-order valence-electron chi connectivity index (χ1n) is 5.60. The fourth-order valence-electron chi connectivity index (χ4n) is 2.07. The Hall–Kier alpha value is -0.870. The fraction of sp³-hybridized carbons (Fsp3) is 0.727. The van der Waals surface area contributed by atoms with Gasteiger partial charge in [-0.1, -0.05) is 6.92 Å². The molecule has 1 aromatic heterocycles. The molecule has 0 amide bonds. The van der Waals surface area contributed by atoms with Crippen LogP contribution < -0.4 is 0 Å². The molecule has 2 atom stereocenters. The summed E-state index contributed by atoms with van der Waals surface area (Å²) in [5.74, 6) is 0.240. The van der Waals surface area contributed by atoms with Crippen LogP contribution in [0.3, 0.4) is 0 Å². The van der Waals surface area contributed by atoms with Gasteiger partial charge in [-0.05, 0) is 12.8 Å². The topological polar surface area (TPSA) is 47.3 Å². The molecule has 0 aromatic carbocycles. The number of rotatable bonds is 4. The van der Waals surface area contributed by atoms with Gasteiger partial charge in [0.05, 0.1) is 12.3 Å². The molecule has 2 rings (SSSR count). The molecule has 1 N–H and O–H groups in total. The zero-order valence-corrected chi connectivity index (χ0v) is 9.09. The minimum atomic E-state index is 0.0422. The minimum Gasteiger partial charge on any atom is -0.396 e. The molecule has 0 spiro atoms. The van der Waals surface area contributed by atoms with Gasteiger partial charge in [0, 0.05) is 37.4 Å². The predicted octanol–water partition coefficient (Wildman–Crippen LogP) is 1.36. The van der Waals surface area contributed by atoms with Gasteiger partial charge in [-0.2, -0.15) is 5.10 Å². The molecular weight excluding hydrogens is 192 g/mol. The van der Waals surface area contributed by atoms with Crippen molar-refractivity contribution >= 4 is 0 Å². The van der Waals surface area contributed by atoms with Gasteiger partial charge in [-0.15, -0.1) is 0 Å². The molecule has 15 heavy (non-hydrogen) atoms. The van der Waals surface area contributed by atoms with E-state index in [1.165, 1.54) is 0 Å². The van der Waals surface area contributed by atoms with E-state index in [-0.39, 0.29) is 18.6 Å². The first-order chi connectivity index (χ1) is 7.35. The molecule has 1 saturated heterocycles. The maximum atomic E-state index is 9.20. The van der Waals surface area contributed by atoms with E-state index < -0.39 is 0 Å². The van der Waals surface area contributed by atoms with Crippen molar-refractivity contribution in [1.82, 2.24) is 9.78 Å². The lowest BCUT2D eigenvalue weighted by molar-refractivity contribution is 0.0720. The van der Waals surface area contributed by atoms with Crippen LogP contribution in [0.25, 0.3) is 0 Å². The molecule has 1 fully saturated rings. The van der Waals surface area contributed by atoms with E-state index in [0.29, 0.717) is 0 Å². The Bertz CT molecular complexity index is 311. The Morgan fingerprint density at radius 2 is 2.53 bits per heavy atom. The third kappa shape index (κ3) is 2.21. The standard InChI is InChI=1S/C11H18N2O2/c1-2-4-13-7-10(6-12-13)11-9(8-14)3-5-15-11/h6-7,9,11,14H,2-5,8H2,1H3. The Labute approximate surface area is 89.9 Å². The lowest BCUT2D eigenvalue weighted by atomic mass is 9.99. The van der Waals surface area contributed by atoms with E-state index in [1.54, 1.807) is 0 Å². The molecule has 1 aromatic rings. The number of aliphatic hydroxyl groups is 1. The van der Waals surface area contributed by atoms with Crippen molar-refractivity contribution in [2.24, 2.45) is 5.92 Å². The molecule has 4 heteroatoms. The highest BCUT2D eigenvalue weighted by atomic mass is 16.5. The summed E-state index contributed by atoms with van der Waals surface area (Å²) in [6, 6.07) is 0. The molecule has 4 nitrogen and oxygen atoms in total. The number of aryl methyl sites for hydroxylation is 1. The Morgan fingerprint density at radius 3 is 3.27 bits per heavy atom. The molecule has 0 saturated carbocycles. The van der Waals surface area contributed by atoms with Crippen molar-refractivity contribution in [3.8, 4) is 0 Å². The molecule has 2 unspecified atom stereocenters. The second-order valence-corrected chi connectivity index (χ2v) is 4.06. The summed E-state index contributed by atoms with van der Waals surface area (Å²) in [4.78, 5) is 0. The molecule has 0 bridgehead atoms. The van der Waals surface area contributed by atoms with Crippen LogP contribution >= 0.6 is 0 Å². The van der Waals surface area contributed by atoms with Gasteiger partial charge in [0.1, 0.15) is 0 Å². The number of hydrogen-bond acceptors (Lipinski definition) is 3. The third-order valence-electron chi connectivity index (χ3n) is 2.88. The highest BCUT2D eigenvalue weighted by molar-refractivity contribution is 5.11. The number of ether oxygens (including phenoxy) is 1. The monoisotopic (exact) mass is 210 g/mol. The van der Waals surface area contributed by atoms with Gasteiger partial charge in [-0.3, -0.25) is 4.68 Å². The van der Waals surface area contributed by atoms with Crippen LogP contribution in [-0.2, 0) is 11.3 Å². The van der Waals surface area contributed by atoms with Crippen LogP contribution in [-0.4, -0.2) is 28.1 Å². The van der Waals surface area contributed by atoms with Crippen LogP contribution in [0.15, 0.2) is 12.4 Å². The summed E-state index contributed by atoms with van der Waals surface area (Å²) in [7, 11) is 0. The average molecular weight is 210 g/mol. The zero-order valence-electron chi connectivity index (χ0n) is 9.09. The van der Waals surface area contributed by atoms with Crippen molar-refractivity contribution in [2.75, 3.05) is 13.2 Å². The van der Waals surface area contributed by atoms with E-state index in [4.69, 9.17) is 4.74 Å². The van der Waals surface area contributed by atoms with Crippen molar-refractivity contribution in [3.63, 3.8) is 0 Å². The Balaban J connectivity index is 2.07. The van der Waals surface area contributed by atoms with Crippen LogP contribution in [0, 0.1) is 5.92 Å². The molecule has 84 valence electrons. The highest BCUT2D eigenvalue weighted by Crippen LogP contribution is 2.33. The average Bonchev–Trinajstić information content (AvgIpc) is 2.84. The minimum absolute atomic E-state index is 0.0422. The maximum absolute atomic E-state index is 9.20. The second-order valence-electron chi connectivity index (χ2n) is 4.06. The van der Waals surface area contributed by atoms with Crippen molar-refractivity contribution in [3.05, 3.63) is 18.0 Å². The zero-order chi connectivity index (χ0) is 10.7. The van der Waals surface area contributed by atoms with Crippen molar-refractivity contribution in [1.29, 1.82) is 0 Å². The molecule has 0 radical (unpaired) electrons. The molecule has 1 aliphatic heterocycles. The third-order valence-corrected chi connectivity index (χ3v) is 2.88. The largest absolute Gasteiger partial charge is 0.396 e. The summed E-state index contributed by atoms with van der Waals surface area (Å²) < 4.78 is 7.56. The lowest BCUT2D eigenvalue weighted by Crippen LogP contribution is -2.10. The van der Waals surface area contributed by atoms with E-state index in [2.05, 4.69) is 12.0 Å². The summed E-state index contributed by atoms with van der Waals surface area (Å²) in [5.41, 5.74) is 1.10. The number of nitrogens with zero attached hydrogens (tertiary/aromatic N) is 2.